The summed E-state index contributed by atoms with van der Waals surface area (Å²) in [6.45, 7) is 0.109. The molecule has 6 rings (SSSR count). The molecular formula is C35H44F3N4O8S+. The molecule has 2 amide bonds. The Morgan fingerprint density at radius 3 is 2.61 bits per heavy atom. The summed E-state index contributed by atoms with van der Waals surface area (Å²) in [6.07, 6.45) is 3.22. The highest BCUT2D eigenvalue weighted by Gasteiger charge is 2.61. The van der Waals surface area contributed by atoms with Crippen molar-refractivity contribution in [3.05, 3.63) is 35.9 Å². The van der Waals surface area contributed by atoms with Crippen molar-refractivity contribution in [2.75, 3.05) is 20.3 Å². The van der Waals surface area contributed by atoms with E-state index in [1.54, 1.807) is 19.1 Å². The maximum atomic E-state index is 14.2. The van der Waals surface area contributed by atoms with Crippen molar-refractivity contribution in [3.8, 4) is 17.4 Å². The molecule has 278 valence electrons. The molecule has 0 unspecified atom stereocenters. The van der Waals surface area contributed by atoms with E-state index in [9.17, 15) is 36.0 Å². The minimum absolute atomic E-state index is 0.0163. The second-order valence-corrected chi connectivity index (χ2v) is 16.1. The number of methoxy groups -OCH3 is 1. The summed E-state index contributed by atoms with van der Waals surface area (Å²) in [5.74, 6) is -1.51. The molecule has 2 aliphatic carbocycles. The normalized spacial score (nSPS) is 28.2. The van der Waals surface area contributed by atoms with Gasteiger partial charge in [0.1, 0.15) is 17.6 Å². The average molecular weight is 738 g/mol. The number of rotatable bonds is 8. The smallest absolute Gasteiger partial charge is 0.422 e. The summed E-state index contributed by atoms with van der Waals surface area (Å²) < 4.78 is 83.8. The molecule has 0 spiro atoms. The van der Waals surface area contributed by atoms with Crippen LogP contribution in [-0.4, -0.2) is 85.8 Å². The third-order valence-corrected chi connectivity index (χ3v) is 12.2. The number of amides is 2. The molecule has 5 atom stereocenters. The van der Waals surface area contributed by atoms with Gasteiger partial charge in [-0.1, -0.05) is 18.6 Å². The average Bonchev–Trinajstić information content (AvgIpc) is 4.00. The highest BCUT2D eigenvalue weighted by Crippen LogP contribution is 2.57. The van der Waals surface area contributed by atoms with E-state index in [0.29, 0.717) is 47.9 Å². The Hall–Kier alpha value is -3.92. The van der Waals surface area contributed by atoms with Gasteiger partial charge in [-0.3, -0.25) is 19.1 Å². The third-order valence-electron chi connectivity index (χ3n) is 10.4. The Bertz CT molecular complexity index is 1830. The number of sulfonamides is 1. The van der Waals surface area contributed by atoms with E-state index in [2.05, 4.69) is 15.4 Å². The fourth-order valence-electron chi connectivity index (χ4n) is 7.22. The Balaban J connectivity index is 1.30. The van der Waals surface area contributed by atoms with Crippen LogP contribution in [0, 0.1) is 18.3 Å². The molecule has 2 saturated carbocycles. The number of alkyl halides is 3. The van der Waals surface area contributed by atoms with Gasteiger partial charge in [0.25, 0.3) is 5.91 Å². The fraction of sp³-hybridized carbons (Fsp3) is 0.600. The maximum Gasteiger partial charge on any atom is 0.422 e. The van der Waals surface area contributed by atoms with Crippen LogP contribution in [0.5, 0.6) is 17.4 Å². The van der Waals surface area contributed by atoms with Gasteiger partial charge in [-0.15, -0.1) is 0 Å². The van der Waals surface area contributed by atoms with Gasteiger partial charge in [0.15, 0.2) is 18.4 Å². The number of pyridine rings is 1. The zero-order chi connectivity index (χ0) is 36.7. The van der Waals surface area contributed by atoms with Crippen molar-refractivity contribution in [1.29, 1.82) is 0 Å². The molecule has 1 aromatic heterocycles. The van der Waals surface area contributed by atoms with Gasteiger partial charge in [0, 0.05) is 36.3 Å². The lowest BCUT2D eigenvalue weighted by atomic mass is 9.91. The summed E-state index contributed by atoms with van der Waals surface area (Å²) >= 11 is 0. The first-order valence-corrected chi connectivity index (χ1v) is 18.9. The molecule has 2 aliphatic heterocycles. The van der Waals surface area contributed by atoms with Gasteiger partial charge in [-0.2, -0.15) is 13.2 Å². The van der Waals surface area contributed by atoms with E-state index in [4.69, 9.17) is 14.2 Å². The van der Waals surface area contributed by atoms with Crippen molar-refractivity contribution in [2.45, 2.75) is 101 Å². The maximum absolute atomic E-state index is 14.2. The van der Waals surface area contributed by atoms with Gasteiger partial charge < -0.3 is 24.8 Å². The standard InChI is InChI=1S/C35H43F3N4O8S/c1-20-28(48-2)13-12-24-29(15-30(40-31(20)24)49-19-35(36,37)38)50-22-14-26-27(43)17-34(33(45)41-51(46,47)23-10-11-23)16-21(34)8-6-4-3-5-7-9-25(39)32(44)42(26)18-22/h6,8,12-13,15,21-23,25-26H,3-5,7,9-11,14,16-19,39H2,1-2H3,(H,41,45)/p+1/b8-6-/t21-,22+,25-,26-,34+/m0/s1. The molecule has 1 saturated heterocycles. The predicted molar refractivity (Wildman–Crippen MR) is 178 cm³/mol. The number of halogens is 3. The van der Waals surface area contributed by atoms with Gasteiger partial charge in [-0.25, -0.2) is 13.4 Å². The highest BCUT2D eigenvalue weighted by molar-refractivity contribution is 7.90. The Morgan fingerprint density at radius 2 is 1.90 bits per heavy atom. The molecule has 16 heteroatoms. The molecule has 4 N–H and O–H groups in total. The number of allylic oxidation sites excluding steroid dienone is 2. The summed E-state index contributed by atoms with van der Waals surface area (Å²) in [7, 11) is -2.41. The molecule has 2 aromatic rings. The van der Waals surface area contributed by atoms with Crippen LogP contribution in [0.2, 0.25) is 0 Å². The largest absolute Gasteiger partial charge is 0.496 e. The van der Waals surface area contributed by atoms with Crippen molar-refractivity contribution in [3.63, 3.8) is 0 Å². The van der Waals surface area contributed by atoms with Gasteiger partial charge >= 0.3 is 6.18 Å². The molecule has 4 aliphatic rings. The SMILES string of the molecule is COc1ccc2c(O[C@@H]3C[C@H]4C(=O)C[C@]5(C(=O)NS(=O)(=O)C6CC6)C[C@@H]5/C=C\CCCCC[C@H]([NH3+])C(=O)N4C3)cc(OCC(F)(F)F)nc2c1C. The number of aryl methyl sites for hydroxylation is 1. The second kappa shape index (κ2) is 14.2. The summed E-state index contributed by atoms with van der Waals surface area (Å²) in [4.78, 5) is 47.5. The number of hydrogen-bond acceptors (Lipinski definition) is 9. The minimum atomic E-state index is -4.61. The lowest BCUT2D eigenvalue weighted by Crippen LogP contribution is -2.68. The van der Waals surface area contributed by atoms with Crippen molar-refractivity contribution < 1.29 is 55.9 Å². The third kappa shape index (κ3) is 8.11. The molecule has 3 heterocycles. The topological polar surface area (TPSA) is 169 Å². The summed E-state index contributed by atoms with van der Waals surface area (Å²) in [5.41, 5.74) is 3.66. The molecule has 0 radical (unpaired) electrons. The number of ketones is 1. The molecule has 3 fully saturated rings. The van der Waals surface area contributed by atoms with Crippen LogP contribution in [-0.2, 0) is 24.4 Å². The van der Waals surface area contributed by atoms with Crippen molar-refractivity contribution in [1.82, 2.24) is 14.6 Å². The second-order valence-electron chi connectivity index (χ2n) is 14.2. The summed E-state index contributed by atoms with van der Waals surface area (Å²) in [5, 5.41) is -0.156. The molecule has 12 nitrogen and oxygen atoms in total. The molecule has 1 aromatic carbocycles. The molecular weight excluding hydrogens is 693 g/mol. The number of nitrogens with one attached hydrogen (secondary N) is 1. The van der Waals surface area contributed by atoms with E-state index >= 15 is 0 Å². The van der Waals surface area contributed by atoms with E-state index in [-0.39, 0.29) is 42.8 Å². The molecule has 51 heavy (non-hydrogen) atoms. The van der Waals surface area contributed by atoms with E-state index in [1.165, 1.54) is 18.1 Å². The van der Waals surface area contributed by atoms with Crippen molar-refractivity contribution in [2.24, 2.45) is 11.3 Å². The number of ether oxygens (including phenoxy) is 3. The Labute approximate surface area is 294 Å². The van der Waals surface area contributed by atoms with Crippen LogP contribution in [0.4, 0.5) is 13.2 Å². The van der Waals surface area contributed by atoms with Crippen LogP contribution in [0.1, 0.15) is 69.8 Å². The number of fused-ring (bicyclic) bond motifs is 3. The molecule has 0 bridgehead atoms. The highest BCUT2D eigenvalue weighted by atomic mass is 32.2. The van der Waals surface area contributed by atoms with Crippen LogP contribution in [0.15, 0.2) is 30.4 Å². The van der Waals surface area contributed by atoms with E-state index in [0.717, 1.165) is 25.7 Å². The fourth-order valence-corrected chi connectivity index (χ4v) is 8.60. The first kappa shape index (κ1) is 36.9. The monoisotopic (exact) mass is 737 g/mol. The number of Topliss-reactive ketones (excluding diaryl/α,β-unsaturated/α-hetero) is 1. The lowest BCUT2D eigenvalue weighted by molar-refractivity contribution is -0.407. The number of carbonyl (C=O) groups is 3. The first-order valence-electron chi connectivity index (χ1n) is 17.4. The number of aromatic nitrogens is 1. The predicted octanol–water partition coefficient (Wildman–Crippen LogP) is 3.55. The van der Waals surface area contributed by atoms with Crippen LogP contribution in [0.25, 0.3) is 10.9 Å². The number of nitrogens with zero attached hydrogens (tertiary/aromatic N) is 2. The van der Waals surface area contributed by atoms with E-state index < -0.39 is 63.3 Å². The van der Waals surface area contributed by atoms with Gasteiger partial charge in [0.2, 0.25) is 21.8 Å². The van der Waals surface area contributed by atoms with Gasteiger partial charge in [0.05, 0.1) is 35.9 Å². The van der Waals surface area contributed by atoms with Crippen LogP contribution < -0.4 is 24.7 Å². The number of benzene rings is 1. The Morgan fingerprint density at radius 1 is 1.14 bits per heavy atom. The van der Waals surface area contributed by atoms with Crippen LogP contribution in [0.3, 0.4) is 0 Å². The first-order chi connectivity index (χ1) is 24.1. The number of quaternary nitrogens is 1. The number of carbonyl (C=O) groups excluding carboxylic acids is 3. The quantitative estimate of drug-likeness (QED) is 0.385. The summed E-state index contributed by atoms with van der Waals surface area (Å²) in [6, 6.07) is 2.95. The Kier molecular flexibility index (Phi) is 10.3. The minimum Gasteiger partial charge on any atom is -0.496 e. The number of hydrogen-bond donors (Lipinski definition) is 2. The van der Waals surface area contributed by atoms with E-state index in [1.807, 2.05) is 12.2 Å². The zero-order valence-corrected chi connectivity index (χ0v) is 29.5. The van der Waals surface area contributed by atoms with Crippen LogP contribution >= 0.6 is 0 Å². The van der Waals surface area contributed by atoms with Gasteiger partial charge in [-0.05, 0) is 63.5 Å². The zero-order valence-electron chi connectivity index (χ0n) is 28.7. The lowest BCUT2D eigenvalue weighted by Gasteiger charge is -2.26. The van der Waals surface area contributed by atoms with Crippen molar-refractivity contribution >= 4 is 38.5 Å².